The van der Waals surface area contributed by atoms with Gasteiger partial charge in [0.2, 0.25) is 0 Å². The van der Waals surface area contributed by atoms with E-state index < -0.39 is 5.60 Å². The highest BCUT2D eigenvalue weighted by atomic mass is 16.3. The topological polar surface area (TPSA) is 35.5 Å². The van der Waals surface area contributed by atoms with E-state index in [9.17, 15) is 5.11 Å². The van der Waals surface area contributed by atoms with E-state index in [2.05, 4.69) is 37.9 Å². The molecule has 0 aromatic heterocycles. The zero-order valence-corrected chi connectivity index (χ0v) is 13.4. The van der Waals surface area contributed by atoms with E-state index in [0.717, 1.165) is 57.4 Å². The molecule has 0 aliphatic carbocycles. The van der Waals surface area contributed by atoms with Gasteiger partial charge >= 0.3 is 0 Å². The van der Waals surface area contributed by atoms with Crippen molar-refractivity contribution in [2.24, 2.45) is 11.8 Å². The fourth-order valence-electron chi connectivity index (χ4n) is 2.81. The molecule has 1 saturated heterocycles. The fraction of sp³-hybridized carbons (Fsp3) is 1.00. The molecule has 114 valence electrons. The van der Waals surface area contributed by atoms with Gasteiger partial charge in [-0.3, -0.25) is 0 Å². The largest absolute Gasteiger partial charge is 0.389 e. The summed E-state index contributed by atoms with van der Waals surface area (Å²) in [7, 11) is 0. The molecule has 0 aromatic rings. The van der Waals surface area contributed by atoms with Gasteiger partial charge in [-0.15, -0.1) is 0 Å². The molecule has 1 aliphatic rings. The molecule has 1 rings (SSSR count). The Balaban J connectivity index is 2.21. The lowest BCUT2D eigenvalue weighted by atomic mass is 9.92. The highest BCUT2D eigenvalue weighted by Gasteiger charge is 2.28. The van der Waals surface area contributed by atoms with E-state index in [4.69, 9.17) is 0 Å². The number of piperidine rings is 1. The van der Waals surface area contributed by atoms with Crippen LogP contribution in [0, 0.1) is 11.8 Å². The molecule has 1 aliphatic heterocycles. The van der Waals surface area contributed by atoms with E-state index in [1.807, 2.05) is 0 Å². The van der Waals surface area contributed by atoms with Crippen LogP contribution in [0.5, 0.6) is 0 Å². The second-order valence-corrected chi connectivity index (χ2v) is 6.70. The van der Waals surface area contributed by atoms with Crippen LogP contribution in [0.4, 0.5) is 0 Å². The van der Waals surface area contributed by atoms with Gasteiger partial charge in [0, 0.05) is 6.54 Å². The Morgan fingerprint density at radius 2 is 1.79 bits per heavy atom. The molecular formula is C16H34N2O. The summed E-state index contributed by atoms with van der Waals surface area (Å²) >= 11 is 0. The fourth-order valence-corrected chi connectivity index (χ4v) is 2.81. The van der Waals surface area contributed by atoms with Crippen LogP contribution in [0.15, 0.2) is 0 Å². The Kier molecular flexibility index (Phi) is 7.33. The number of nitrogens with zero attached hydrogens (tertiary/aromatic N) is 1. The third-order valence-electron chi connectivity index (χ3n) is 4.53. The van der Waals surface area contributed by atoms with Crippen LogP contribution in [0.2, 0.25) is 0 Å². The van der Waals surface area contributed by atoms with Crippen molar-refractivity contribution in [3.05, 3.63) is 0 Å². The first-order chi connectivity index (χ1) is 8.99. The molecule has 2 N–H and O–H groups in total. The summed E-state index contributed by atoms with van der Waals surface area (Å²) in [4.78, 5) is 2.45. The number of hydrogen-bond acceptors (Lipinski definition) is 3. The normalized spacial score (nSPS) is 19.3. The van der Waals surface area contributed by atoms with Gasteiger partial charge in [0.05, 0.1) is 5.60 Å². The Bertz CT molecular complexity index is 231. The zero-order chi connectivity index (χ0) is 14.3. The van der Waals surface area contributed by atoms with Crippen LogP contribution in [-0.4, -0.2) is 48.3 Å². The average Bonchev–Trinajstić information content (AvgIpc) is 2.40. The van der Waals surface area contributed by atoms with Crippen molar-refractivity contribution < 1.29 is 5.11 Å². The van der Waals surface area contributed by atoms with Crippen molar-refractivity contribution >= 4 is 0 Å². The van der Waals surface area contributed by atoms with Gasteiger partial charge in [-0.25, -0.2) is 0 Å². The van der Waals surface area contributed by atoms with Crippen LogP contribution >= 0.6 is 0 Å². The van der Waals surface area contributed by atoms with Gasteiger partial charge in [0.1, 0.15) is 0 Å². The van der Waals surface area contributed by atoms with Gasteiger partial charge in [-0.05, 0) is 63.7 Å². The smallest absolute Gasteiger partial charge is 0.0768 e. The highest BCUT2D eigenvalue weighted by molar-refractivity contribution is 4.83. The van der Waals surface area contributed by atoms with Gasteiger partial charge in [0.15, 0.2) is 0 Å². The van der Waals surface area contributed by atoms with Crippen LogP contribution in [0.3, 0.4) is 0 Å². The van der Waals surface area contributed by atoms with Crippen LogP contribution in [0.1, 0.15) is 53.4 Å². The minimum atomic E-state index is -0.470. The third kappa shape index (κ3) is 6.24. The van der Waals surface area contributed by atoms with Crippen LogP contribution < -0.4 is 5.32 Å². The molecule has 0 bridgehead atoms. The van der Waals surface area contributed by atoms with Crippen molar-refractivity contribution in [3.8, 4) is 0 Å². The molecule has 0 amide bonds. The van der Waals surface area contributed by atoms with E-state index >= 15 is 0 Å². The van der Waals surface area contributed by atoms with Crippen LogP contribution in [-0.2, 0) is 0 Å². The lowest BCUT2D eigenvalue weighted by Gasteiger charge is -2.37. The molecular weight excluding hydrogens is 236 g/mol. The molecule has 1 fully saturated rings. The first kappa shape index (κ1) is 16.9. The predicted molar refractivity (Wildman–Crippen MR) is 82.4 cm³/mol. The first-order valence-electron chi connectivity index (χ1n) is 8.14. The Labute approximate surface area is 119 Å². The maximum absolute atomic E-state index is 10.4. The summed E-state index contributed by atoms with van der Waals surface area (Å²) in [5, 5.41) is 14.0. The maximum atomic E-state index is 10.4. The molecule has 0 atom stereocenters. The molecule has 1 heterocycles. The van der Waals surface area contributed by atoms with Gasteiger partial charge in [0.25, 0.3) is 0 Å². The highest BCUT2D eigenvalue weighted by Crippen LogP contribution is 2.21. The SMILES string of the molecule is CCC(O)(CC)CN1CCC(CNCC(C)C)CC1. The Hall–Kier alpha value is -0.120. The summed E-state index contributed by atoms with van der Waals surface area (Å²) in [5.74, 6) is 1.57. The van der Waals surface area contributed by atoms with E-state index in [1.165, 1.54) is 12.8 Å². The minimum Gasteiger partial charge on any atom is -0.389 e. The summed E-state index contributed by atoms with van der Waals surface area (Å²) in [5.41, 5.74) is -0.470. The molecule has 0 unspecified atom stereocenters. The summed E-state index contributed by atoms with van der Waals surface area (Å²) in [6, 6.07) is 0. The summed E-state index contributed by atoms with van der Waals surface area (Å²) < 4.78 is 0. The quantitative estimate of drug-likeness (QED) is 0.711. The third-order valence-corrected chi connectivity index (χ3v) is 4.53. The Morgan fingerprint density at radius 1 is 1.21 bits per heavy atom. The minimum absolute atomic E-state index is 0.470. The Morgan fingerprint density at radius 3 is 2.26 bits per heavy atom. The predicted octanol–water partition coefficient (Wildman–Crippen LogP) is 2.50. The lowest BCUT2D eigenvalue weighted by Crippen LogP contribution is -2.46. The molecule has 3 nitrogen and oxygen atoms in total. The number of rotatable bonds is 8. The molecule has 0 radical (unpaired) electrons. The average molecular weight is 270 g/mol. The number of hydrogen-bond donors (Lipinski definition) is 2. The van der Waals surface area contributed by atoms with Crippen LogP contribution in [0.25, 0.3) is 0 Å². The van der Waals surface area contributed by atoms with Crippen molar-refractivity contribution in [1.82, 2.24) is 10.2 Å². The lowest BCUT2D eigenvalue weighted by molar-refractivity contribution is -0.0115. The molecule has 0 spiro atoms. The monoisotopic (exact) mass is 270 g/mol. The van der Waals surface area contributed by atoms with Gasteiger partial charge < -0.3 is 15.3 Å². The number of β-amino-alcohol motifs (C(OH)–C–C–N with tert-alkyl or cyclic N) is 1. The second-order valence-electron chi connectivity index (χ2n) is 6.70. The van der Waals surface area contributed by atoms with E-state index in [1.54, 1.807) is 0 Å². The number of likely N-dealkylation sites (tertiary alicyclic amines) is 1. The van der Waals surface area contributed by atoms with Crippen molar-refractivity contribution in [1.29, 1.82) is 0 Å². The molecule has 19 heavy (non-hydrogen) atoms. The van der Waals surface area contributed by atoms with Crippen molar-refractivity contribution in [3.63, 3.8) is 0 Å². The standard InChI is InChI=1S/C16H34N2O/c1-5-16(19,6-2)13-18-9-7-15(8-10-18)12-17-11-14(3)4/h14-15,17,19H,5-13H2,1-4H3. The molecule has 3 heteroatoms. The first-order valence-corrected chi connectivity index (χ1v) is 8.14. The molecule has 0 aromatic carbocycles. The van der Waals surface area contributed by atoms with Gasteiger partial charge in [-0.1, -0.05) is 27.7 Å². The summed E-state index contributed by atoms with van der Waals surface area (Å²) in [6.07, 6.45) is 4.27. The van der Waals surface area contributed by atoms with Crippen molar-refractivity contribution in [2.45, 2.75) is 59.0 Å². The maximum Gasteiger partial charge on any atom is 0.0768 e. The second kappa shape index (κ2) is 8.23. The summed E-state index contributed by atoms with van der Waals surface area (Å²) in [6.45, 7) is 14.1. The van der Waals surface area contributed by atoms with Gasteiger partial charge in [-0.2, -0.15) is 0 Å². The zero-order valence-electron chi connectivity index (χ0n) is 13.4. The molecule has 0 saturated carbocycles. The number of nitrogens with one attached hydrogen (secondary N) is 1. The van der Waals surface area contributed by atoms with E-state index in [-0.39, 0.29) is 0 Å². The van der Waals surface area contributed by atoms with Crippen molar-refractivity contribution in [2.75, 3.05) is 32.7 Å². The number of aliphatic hydroxyl groups is 1. The van der Waals surface area contributed by atoms with E-state index in [0.29, 0.717) is 0 Å².